The summed E-state index contributed by atoms with van der Waals surface area (Å²) in [5.41, 5.74) is 0. The second-order valence-electron chi connectivity index (χ2n) is 13.9. The van der Waals surface area contributed by atoms with Gasteiger partial charge in [-0.25, -0.2) is 0 Å². The van der Waals surface area contributed by atoms with Crippen molar-refractivity contribution >= 4 is 0 Å². The number of ether oxygens (including phenoxy) is 9. The molecule has 5 aliphatic heterocycles. The molecule has 26 nitrogen and oxygen atoms in total. The summed E-state index contributed by atoms with van der Waals surface area (Å²) >= 11 is 0. The Balaban J connectivity index is 1.22. The first-order chi connectivity index (χ1) is 26.5. The lowest BCUT2D eigenvalue weighted by Crippen LogP contribution is -2.68. The van der Waals surface area contributed by atoms with Gasteiger partial charge in [-0.2, -0.15) is 0 Å². The zero-order chi connectivity index (χ0) is 41.3. The molecule has 56 heavy (non-hydrogen) atoms. The van der Waals surface area contributed by atoms with E-state index in [4.69, 9.17) is 42.6 Å². The summed E-state index contributed by atoms with van der Waals surface area (Å²) < 4.78 is 49.1. The molecule has 25 atom stereocenters. The van der Waals surface area contributed by atoms with E-state index in [1.54, 1.807) is 0 Å². The van der Waals surface area contributed by atoms with Gasteiger partial charge in [-0.15, -0.1) is 0 Å². The van der Waals surface area contributed by atoms with Crippen molar-refractivity contribution in [2.75, 3.05) is 33.0 Å². The lowest BCUT2D eigenvalue weighted by molar-refractivity contribution is -0.392. The van der Waals surface area contributed by atoms with E-state index < -0.39 is 187 Å². The molecule has 5 aliphatic rings. The predicted octanol–water partition coefficient (Wildman–Crippen LogP) is -11.9. The van der Waals surface area contributed by atoms with Gasteiger partial charge >= 0.3 is 0 Å². The molecule has 0 aliphatic carbocycles. The van der Waals surface area contributed by atoms with Crippen LogP contribution < -0.4 is 0 Å². The van der Waals surface area contributed by atoms with Crippen LogP contribution in [0, 0.1) is 0 Å². The van der Waals surface area contributed by atoms with Crippen molar-refractivity contribution in [3.63, 3.8) is 0 Å². The van der Waals surface area contributed by atoms with Crippen molar-refractivity contribution in [1.29, 1.82) is 0 Å². The molecule has 0 amide bonds. The second-order valence-corrected chi connectivity index (χ2v) is 13.9. The minimum Gasteiger partial charge on any atom is -0.394 e. The van der Waals surface area contributed by atoms with E-state index in [9.17, 15) is 86.8 Å². The van der Waals surface area contributed by atoms with Crippen molar-refractivity contribution in [3.05, 3.63) is 0 Å². The third-order valence-corrected chi connectivity index (χ3v) is 10.3. The van der Waals surface area contributed by atoms with Crippen LogP contribution in [0.4, 0.5) is 0 Å². The molecule has 0 aromatic carbocycles. The Morgan fingerprint density at radius 2 is 0.518 bits per heavy atom. The van der Waals surface area contributed by atoms with Gasteiger partial charge in [0, 0.05) is 0 Å². The predicted molar refractivity (Wildman–Crippen MR) is 167 cm³/mol. The zero-order valence-electron chi connectivity index (χ0n) is 29.2. The van der Waals surface area contributed by atoms with E-state index in [1.165, 1.54) is 0 Å². The first-order valence-corrected chi connectivity index (χ1v) is 17.6. The van der Waals surface area contributed by atoms with Gasteiger partial charge in [0.15, 0.2) is 31.5 Å². The Kier molecular flexibility index (Phi) is 16.1. The third kappa shape index (κ3) is 9.16. The van der Waals surface area contributed by atoms with E-state index >= 15 is 0 Å². The summed E-state index contributed by atoms with van der Waals surface area (Å²) in [6, 6.07) is 0. The number of hydrogen-bond donors (Lipinski definition) is 17. The molecule has 0 radical (unpaired) electrons. The number of aliphatic hydroxyl groups is 17. The van der Waals surface area contributed by atoms with Gasteiger partial charge in [0.2, 0.25) is 0 Å². The Labute approximate surface area is 316 Å². The van der Waals surface area contributed by atoms with Crippen molar-refractivity contribution in [1.82, 2.24) is 0 Å². The Bertz CT molecular complexity index is 1200. The van der Waals surface area contributed by atoms with Gasteiger partial charge in [0.1, 0.15) is 122 Å². The van der Waals surface area contributed by atoms with Crippen LogP contribution in [0.3, 0.4) is 0 Å². The lowest BCUT2D eigenvalue weighted by atomic mass is 9.95. The van der Waals surface area contributed by atoms with Gasteiger partial charge in [0.25, 0.3) is 0 Å². The van der Waals surface area contributed by atoms with E-state index in [-0.39, 0.29) is 0 Å². The number of hydrogen-bond acceptors (Lipinski definition) is 26. The summed E-state index contributed by atoms with van der Waals surface area (Å²) in [5.74, 6) is 0. The fourth-order valence-electron chi connectivity index (χ4n) is 7.03. The highest BCUT2D eigenvalue weighted by Gasteiger charge is 2.56. The van der Waals surface area contributed by atoms with Crippen LogP contribution in [0.15, 0.2) is 0 Å². The number of aliphatic hydroxyl groups excluding tert-OH is 17. The zero-order valence-corrected chi connectivity index (χ0v) is 29.2. The molecule has 26 heteroatoms. The molecule has 17 N–H and O–H groups in total. The maximum Gasteiger partial charge on any atom is 0.187 e. The molecule has 0 spiro atoms. The SMILES string of the molecule is OC[C@H]1O[C@@H](O[C@@H]2[C@H](O)[C@@H](O)[C@H](O[C@@H]3[C@H](O)[C@@H](O)[C@H](O[C@@H]4[C@H](O)[C@@H](O)[C@H](O[C@@H]5[C@H](O)[C@@H](O)C(O)O[C@@H]5CO)O[C@@H]4CO)O[C@@H]3CO)O[C@@H]2CO)[C@H](O)[C@@H](O)[C@H]1O. The van der Waals surface area contributed by atoms with Gasteiger partial charge in [-0.05, 0) is 0 Å². The smallest absolute Gasteiger partial charge is 0.187 e. The summed E-state index contributed by atoms with van der Waals surface area (Å²) in [6.07, 6.45) is -45.8. The molecule has 0 aromatic rings. The molecule has 1 unspecified atom stereocenters. The summed E-state index contributed by atoms with van der Waals surface area (Å²) in [4.78, 5) is 0. The molecule has 5 rings (SSSR count). The Hall–Kier alpha value is -1.04. The third-order valence-electron chi connectivity index (χ3n) is 10.3. The van der Waals surface area contributed by atoms with Crippen LogP contribution in [-0.2, 0) is 42.6 Å². The van der Waals surface area contributed by atoms with Crippen LogP contribution in [0.25, 0.3) is 0 Å². The minimum absolute atomic E-state index is 0.811. The molecule has 5 fully saturated rings. The maximum atomic E-state index is 11.1. The van der Waals surface area contributed by atoms with Crippen LogP contribution in [-0.4, -0.2) is 273 Å². The quantitative estimate of drug-likeness (QED) is 0.0819. The van der Waals surface area contributed by atoms with Crippen LogP contribution >= 0.6 is 0 Å². The van der Waals surface area contributed by atoms with Crippen molar-refractivity contribution in [2.24, 2.45) is 0 Å². The first kappa shape index (κ1) is 46.0. The van der Waals surface area contributed by atoms with E-state index in [0.29, 0.717) is 0 Å². The second kappa shape index (κ2) is 19.6. The summed E-state index contributed by atoms with van der Waals surface area (Å²) in [7, 11) is 0. The molecule has 0 saturated carbocycles. The monoisotopic (exact) mass is 828 g/mol. The maximum absolute atomic E-state index is 11.1. The molecule has 0 aromatic heterocycles. The van der Waals surface area contributed by atoms with Gasteiger partial charge in [0.05, 0.1) is 33.0 Å². The number of rotatable bonds is 13. The molecule has 5 heterocycles. The molecule has 0 bridgehead atoms. The Morgan fingerprint density at radius 3 is 0.821 bits per heavy atom. The first-order valence-electron chi connectivity index (χ1n) is 17.6. The van der Waals surface area contributed by atoms with Crippen LogP contribution in [0.5, 0.6) is 0 Å². The van der Waals surface area contributed by atoms with Crippen molar-refractivity contribution in [3.8, 4) is 0 Å². The van der Waals surface area contributed by atoms with Gasteiger partial charge in [-0.1, -0.05) is 0 Å². The summed E-state index contributed by atoms with van der Waals surface area (Å²) in [5, 5.41) is 176. The molecular weight excluding hydrogens is 776 g/mol. The van der Waals surface area contributed by atoms with E-state index in [0.717, 1.165) is 0 Å². The largest absolute Gasteiger partial charge is 0.394 e. The highest BCUT2D eigenvalue weighted by atomic mass is 16.8. The minimum atomic E-state index is -2.12. The topological polar surface area (TPSA) is 427 Å². The van der Waals surface area contributed by atoms with Gasteiger partial charge < -0.3 is 129 Å². The van der Waals surface area contributed by atoms with Crippen molar-refractivity contribution < 1.29 is 129 Å². The van der Waals surface area contributed by atoms with Crippen LogP contribution in [0.1, 0.15) is 0 Å². The molecule has 5 saturated heterocycles. The summed E-state index contributed by atoms with van der Waals surface area (Å²) in [6.45, 7) is -4.51. The van der Waals surface area contributed by atoms with E-state index in [2.05, 4.69) is 0 Å². The normalized spacial score (nSPS) is 53.2. The Morgan fingerprint density at radius 1 is 0.268 bits per heavy atom. The average Bonchev–Trinajstić information content (AvgIpc) is 3.19. The average molecular weight is 829 g/mol. The van der Waals surface area contributed by atoms with E-state index in [1.807, 2.05) is 0 Å². The molecular formula is C30H52O26. The van der Waals surface area contributed by atoms with Crippen LogP contribution in [0.2, 0.25) is 0 Å². The fourth-order valence-corrected chi connectivity index (χ4v) is 7.03. The van der Waals surface area contributed by atoms with Gasteiger partial charge in [-0.3, -0.25) is 0 Å². The highest BCUT2D eigenvalue weighted by molar-refractivity contribution is 4.99. The molecule has 328 valence electrons. The highest BCUT2D eigenvalue weighted by Crippen LogP contribution is 2.35. The standard InChI is InChI=1S/C30H52O26/c31-1-6-11(36)12(37)18(43)27(49-6)54-23-8(3-33)51-29(20(45)14(23)39)56-25-10(5-35)52-30(21(46)16(25)41)55-24-9(4-34)50-28(19(44)15(24)40)53-22-7(2-32)48-26(47)17(42)13(22)38/h6-47H,1-5H2/t6-,7-,8-,9-,10-,11+,12+,13-,14-,15-,16-,17-,18-,19-,20-,21-,22+,23+,24+,25+,26?,27+,28+,29+,30+/m1/s1. The lowest BCUT2D eigenvalue weighted by Gasteiger charge is -2.49. The van der Waals surface area contributed by atoms with Crippen molar-refractivity contribution in [2.45, 2.75) is 154 Å². The fraction of sp³-hybridized carbons (Fsp3) is 1.00.